The van der Waals surface area contributed by atoms with Crippen molar-refractivity contribution in [3.8, 4) is 17.0 Å². The molecule has 0 aliphatic rings. The smallest absolute Gasteiger partial charge is 0.323 e. The number of nitrogens with zero attached hydrogens (tertiary/aromatic N) is 2. The number of nitrogens with one attached hydrogen (secondary N) is 2. The summed E-state index contributed by atoms with van der Waals surface area (Å²) in [4.78, 5) is 17.0. The zero-order valence-corrected chi connectivity index (χ0v) is 15.6. The summed E-state index contributed by atoms with van der Waals surface area (Å²) in [5.74, 6) is 0.607. The van der Waals surface area contributed by atoms with Gasteiger partial charge in [0, 0.05) is 23.6 Å². The maximum atomic E-state index is 12.3. The van der Waals surface area contributed by atoms with Gasteiger partial charge in [-0.3, -0.25) is 0 Å². The monoisotopic (exact) mass is 372 g/mol. The predicted molar refractivity (Wildman–Crippen MR) is 111 cm³/mol. The Hall–Kier alpha value is -3.80. The van der Waals surface area contributed by atoms with Gasteiger partial charge in [0.05, 0.1) is 18.5 Å². The molecule has 0 atom stereocenters. The van der Waals surface area contributed by atoms with Crippen LogP contribution in [0.25, 0.3) is 16.9 Å². The average Bonchev–Trinajstić information content (AvgIpc) is 3.15. The molecular formula is C22H20N4O2. The first-order chi connectivity index (χ1) is 13.6. The maximum absolute atomic E-state index is 12.3. The number of carbonyl (C=O) groups is 1. The number of methoxy groups -OCH3 is 1. The Bertz CT molecular complexity index is 1130. The summed E-state index contributed by atoms with van der Waals surface area (Å²) in [5, 5.41) is 5.61. The molecular weight excluding hydrogens is 352 g/mol. The Balaban J connectivity index is 1.48. The molecule has 0 aliphatic heterocycles. The minimum Gasteiger partial charge on any atom is -0.495 e. The third-order valence-electron chi connectivity index (χ3n) is 4.47. The molecule has 2 aromatic carbocycles. The van der Waals surface area contributed by atoms with E-state index in [9.17, 15) is 4.79 Å². The van der Waals surface area contributed by atoms with Gasteiger partial charge in [-0.2, -0.15) is 0 Å². The van der Waals surface area contributed by atoms with Crippen molar-refractivity contribution in [3.63, 3.8) is 0 Å². The number of fused-ring (bicyclic) bond motifs is 1. The summed E-state index contributed by atoms with van der Waals surface area (Å²) in [6, 6.07) is 18.6. The number of rotatable bonds is 4. The van der Waals surface area contributed by atoms with E-state index >= 15 is 0 Å². The molecule has 28 heavy (non-hydrogen) atoms. The van der Waals surface area contributed by atoms with E-state index in [-0.39, 0.29) is 6.03 Å². The number of amides is 2. The molecule has 0 saturated heterocycles. The highest BCUT2D eigenvalue weighted by molar-refractivity contribution is 6.00. The van der Waals surface area contributed by atoms with E-state index in [1.165, 1.54) is 0 Å². The van der Waals surface area contributed by atoms with E-state index in [0.29, 0.717) is 17.1 Å². The van der Waals surface area contributed by atoms with Gasteiger partial charge in [-0.15, -0.1) is 0 Å². The van der Waals surface area contributed by atoms with Crippen molar-refractivity contribution in [3.05, 3.63) is 78.6 Å². The second-order valence-corrected chi connectivity index (χ2v) is 6.40. The summed E-state index contributed by atoms with van der Waals surface area (Å²) < 4.78 is 7.25. The molecule has 4 rings (SSSR count). The fourth-order valence-corrected chi connectivity index (χ4v) is 3.05. The van der Waals surface area contributed by atoms with Gasteiger partial charge in [-0.05, 0) is 42.8 Å². The number of imidazole rings is 1. The van der Waals surface area contributed by atoms with Crippen LogP contribution in [0, 0.1) is 6.92 Å². The lowest BCUT2D eigenvalue weighted by Gasteiger charge is -2.11. The van der Waals surface area contributed by atoms with Gasteiger partial charge in [-0.1, -0.05) is 30.3 Å². The van der Waals surface area contributed by atoms with Crippen molar-refractivity contribution in [1.82, 2.24) is 9.38 Å². The van der Waals surface area contributed by atoms with E-state index in [4.69, 9.17) is 9.72 Å². The Morgan fingerprint density at radius 1 is 1.00 bits per heavy atom. The summed E-state index contributed by atoms with van der Waals surface area (Å²) >= 11 is 0. The third kappa shape index (κ3) is 3.53. The molecule has 2 aromatic heterocycles. The summed E-state index contributed by atoms with van der Waals surface area (Å²) in [5.41, 5.74) is 5.24. The molecule has 0 bridgehead atoms. The number of pyridine rings is 1. The standard InChI is InChI=1S/C22H20N4O2/c1-15-6-5-13-26-14-19(24-21(15)26)16-9-11-17(12-10-16)23-22(27)25-18-7-3-4-8-20(18)28-2/h3-14H,1-2H3,(H2,23,25,27). The molecule has 0 spiro atoms. The van der Waals surface area contributed by atoms with Gasteiger partial charge >= 0.3 is 6.03 Å². The van der Waals surface area contributed by atoms with Crippen molar-refractivity contribution < 1.29 is 9.53 Å². The van der Waals surface area contributed by atoms with Crippen LogP contribution in [0.2, 0.25) is 0 Å². The third-order valence-corrected chi connectivity index (χ3v) is 4.47. The zero-order valence-electron chi connectivity index (χ0n) is 15.6. The van der Waals surface area contributed by atoms with Crippen LogP contribution in [0.1, 0.15) is 5.56 Å². The Labute approximate surface area is 162 Å². The van der Waals surface area contributed by atoms with Gasteiger partial charge in [0.15, 0.2) is 0 Å². The first-order valence-electron chi connectivity index (χ1n) is 8.90. The van der Waals surface area contributed by atoms with Crippen LogP contribution in [0.5, 0.6) is 5.75 Å². The van der Waals surface area contributed by atoms with Crippen LogP contribution in [-0.4, -0.2) is 22.5 Å². The van der Waals surface area contributed by atoms with Crippen molar-refractivity contribution >= 4 is 23.1 Å². The van der Waals surface area contributed by atoms with Crippen molar-refractivity contribution in [2.45, 2.75) is 6.92 Å². The van der Waals surface area contributed by atoms with Crippen LogP contribution in [-0.2, 0) is 0 Å². The minimum absolute atomic E-state index is 0.333. The highest BCUT2D eigenvalue weighted by Crippen LogP contribution is 2.24. The molecule has 4 aromatic rings. The van der Waals surface area contributed by atoms with Crippen LogP contribution in [0.3, 0.4) is 0 Å². The molecule has 2 N–H and O–H groups in total. The van der Waals surface area contributed by atoms with E-state index in [1.54, 1.807) is 19.2 Å². The van der Waals surface area contributed by atoms with E-state index < -0.39 is 0 Å². The molecule has 0 radical (unpaired) electrons. The normalized spacial score (nSPS) is 10.6. The van der Waals surface area contributed by atoms with Crippen LogP contribution in [0.4, 0.5) is 16.2 Å². The number of urea groups is 1. The number of para-hydroxylation sites is 2. The summed E-state index contributed by atoms with van der Waals surface area (Å²) in [7, 11) is 1.57. The van der Waals surface area contributed by atoms with Gasteiger partial charge in [0.1, 0.15) is 11.4 Å². The van der Waals surface area contributed by atoms with Crippen LogP contribution < -0.4 is 15.4 Å². The number of hydrogen-bond acceptors (Lipinski definition) is 3. The molecule has 0 saturated carbocycles. The minimum atomic E-state index is -0.333. The SMILES string of the molecule is COc1ccccc1NC(=O)Nc1ccc(-c2cn3cccc(C)c3n2)cc1. The van der Waals surface area contributed by atoms with Gasteiger partial charge < -0.3 is 19.8 Å². The highest BCUT2D eigenvalue weighted by Gasteiger charge is 2.09. The largest absolute Gasteiger partial charge is 0.495 e. The predicted octanol–water partition coefficient (Wildman–Crippen LogP) is 4.96. The fraction of sp³-hybridized carbons (Fsp3) is 0.0909. The molecule has 0 fully saturated rings. The number of anilines is 2. The molecule has 6 heteroatoms. The second kappa shape index (κ2) is 7.44. The van der Waals surface area contributed by atoms with Gasteiger partial charge in [0.25, 0.3) is 0 Å². The maximum Gasteiger partial charge on any atom is 0.323 e. The first-order valence-corrected chi connectivity index (χ1v) is 8.90. The lowest BCUT2D eigenvalue weighted by atomic mass is 10.1. The van der Waals surface area contributed by atoms with Crippen molar-refractivity contribution in [1.29, 1.82) is 0 Å². The number of aromatic nitrogens is 2. The first kappa shape index (κ1) is 17.6. The second-order valence-electron chi connectivity index (χ2n) is 6.40. The molecule has 0 aliphatic carbocycles. The summed E-state index contributed by atoms with van der Waals surface area (Å²) in [6.45, 7) is 2.04. The van der Waals surface area contributed by atoms with Gasteiger partial charge in [0.2, 0.25) is 0 Å². The quantitative estimate of drug-likeness (QED) is 0.532. The number of benzene rings is 2. The lowest BCUT2D eigenvalue weighted by molar-refractivity contribution is 0.262. The number of hydrogen-bond donors (Lipinski definition) is 2. The molecule has 6 nitrogen and oxygen atoms in total. The van der Waals surface area contributed by atoms with E-state index in [0.717, 1.165) is 22.5 Å². The lowest BCUT2D eigenvalue weighted by Crippen LogP contribution is -2.19. The molecule has 0 unspecified atom stereocenters. The van der Waals surface area contributed by atoms with Crippen molar-refractivity contribution in [2.75, 3.05) is 17.7 Å². The van der Waals surface area contributed by atoms with Crippen molar-refractivity contribution in [2.24, 2.45) is 0 Å². The molecule has 2 amide bonds. The molecule has 140 valence electrons. The Kier molecular flexibility index (Phi) is 4.68. The fourth-order valence-electron chi connectivity index (χ4n) is 3.05. The number of carbonyl (C=O) groups excluding carboxylic acids is 1. The van der Waals surface area contributed by atoms with E-state index in [1.807, 2.05) is 72.2 Å². The average molecular weight is 372 g/mol. The number of aryl methyl sites for hydroxylation is 1. The van der Waals surface area contributed by atoms with E-state index in [2.05, 4.69) is 10.6 Å². The highest BCUT2D eigenvalue weighted by atomic mass is 16.5. The Morgan fingerprint density at radius 3 is 2.54 bits per heavy atom. The topological polar surface area (TPSA) is 67.7 Å². The van der Waals surface area contributed by atoms with Gasteiger partial charge in [-0.25, -0.2) is 9.78 Å². The zero-order chi connectivity index (χ0) is 19.5. The summed E-state index contributed by atoms with van der Waals surface area (Å²) in [6.07, 6.45) is 3.98. The van der Waals surface area contributed by atoms with Crippen LogP contribution >= 0.6 is 0 Å². The number of ether oxygens (including phenoxy) is 1. The van der Waals surface area contributed by atoms with Crippen LogP contribution in [0.15, 0.2) is 73.1 Å². The Morgan fingerprint density at radius 2 is 1.79 bits per heavy atom. The molecule has 2 heterocycles.